The summed E-state index contributed by atoms with van der Waals surface area (Å²) in [5.74, 6) is 0.895. The molecule has 2 aromatic heterocycles. The summed E-state index contributed by atoms with van der Waals surface area (Å²) in [6.45, 7) is 4.34. The van der Waals surface area contributed by atoms with Gasteiger partial charge in [0, 0.05) is 16.3 Å². The molecule has 5 aromatic rings. The highest BCUT2D eigenvalue weighted by molar-refractivity contribution is 6.12. The van der Waals surface area contributed by atoms with Gasteiger partial charge in [0.25, 0.3) is 0 Å². The van der Waals surface area contributed by atoms with Gasteiger partial charge in [0.2, 0.25) is 0 Å². The topological polar surface area (TPSA) is 30.2 Å². The van der Waals surface area contributed by atoms with Crippen molar-refractivity contribution in [3.05, 3.63) is 77.9 Å². The third kappa shape index (κ3) is 2.66. The highest BCUT2D eigenvalue weighted by Gasteiger charge is 2.15. The summed E-state index contributed by atoms with van der Waals surface area (Å²) in [6.07, 6.45) is 3.54. The maximum atomic E-state index is 4.58. The van der Waals surface area contributed by atoms with Crippen molar-refractivity contribution in [2.45, 2.75) is 33.1 Å². The summed E-state index contributed by atoms with van der Waals surface area (Å²) in [4.78, 5) is 0. The van der Waals surface area contributed by atoms with Crippen LogP contribution in [0.4, 0.5) is 0 Å². The second-order valence-corrected chi connectivity index (χ2v) is 7.55. The maximum Gasteiger partial charge on any atom is 0.169 e. The fraction of sp³-hybridized carbons (Fsp3) is 0.200. The minimum absolute atomic E-state index is 0.895. The third-order valence-corrected chi connectivity index (χ3v) is 5.55. The van der Waals surface area contributed by atoms with E-state index in [0.29, 0.717) is 0 Å². The molecule has 0 saturated carbocycles. The Hall–Kier alpha value is -3.20. The molecular weight excluding hydrogens is 342 g/mol. The molecule has 0 spiro atoms. The number of nitrogens with zero attached hydrogens (tertiary/aromatic N) is 3. The summed E-state index contributed by atoms with van der Waals surface area (Å²) >= 11 is 0. The Morgan fingerprint density at radius 3 is 2.39 bits per heavy atom. The van der Waals surface area contributed by atoms with Gasteiger partial charge < -0.3 is 0 Å². The van der Waals surface area contributed by atoms with E-state index < -0.39 is 0 Å². The quantitative estimate of drug-likeness (QED) is 0.347. The van der Waals surface area contributed by atoms with Gasteiger partial charge in [0.05, 0.1) is 5.52 Å². The van der Waals surface area contributed by atoms with Gasteiger partial charge in [0.1, 0.15) is 0 Å². The normalized spacial score (nSPS) is 11.6. The Balaban J connectivity index is 1.87. The fourth-order valence-corrected chi connectivity index (χ4v) is 4.02. The van der Waals surface area contributed by atoms with Crippen LogP contribution in [0, 0.1) is 6.92 Å². The van der Waals surface area contributed by atoms with Crippen LogP contribution >= 0.6 is 0 Å². The van der Waals surface area contributed by atoms with Crippen molar-refractivity contribution in [3.63, 3.8) is 0 Å². The largest absolute Gasteiger partial charge is 0.274 e. The summed E-state index contributed by atoms with van der Waals surface area (Å²) in [7, 11) is 0. The van der Waals surface area contributed by atoms with Gasteiger partial charge in [0.15, 0.2) is 11.5 Å². The average molecular weight is 365 g/mol. The molecule has 5 rings (SSSR count). The smallest absolute Gasteiger partial charge is 0.169 e. The molecule has 138 valence electrons. The summed E-state index contributed by atoms with van der Waals surface area (Å²) in [6, 6.07) is 23.9. The second-order valence-electron chi connectivity index (χ2n) is 7.55. The third-order valence-electron chi connectivity index (χ3n) is 5.55. The zero-order valence-electron chi connectivity index (χ0n) is 16.3. The van der Waals surface area contributed by atoms with E-state index in [1.807, 2.05) is 0 Å². The molecular formula is C25H23N3. The van der Waals surface area contributed by atoms with Crippen LogP contribution in [0.15, 0.2) is 66.7 Å². The van der Waals surface area contributed by atoms with Gasteiger partial charge >= 0.3 is 0 Å². The van der Waals surface area contributed by atoms with Crippen molar-refractivity contribution in [1.82, 2.24) is 14.6 Å². The molecule has 0 N–H and O–H groups in total. The number of aromatic nitrogens is 3. The van der Waals surface area contributed by atoms with Crippen molar-refractivity contribution in [3.8, 4) is 11.4 Å². The van der Waals surface area contributed by atoms with Crippen LogP contribution in [-0.2, 0) is 6.42 Å². The first kappa shape index (κ1) is 16.9. The number of unbranched alkanes of at least 4 members (excludes halogenated alkanes) is 1. The van der Waals surface area contributed by atoms with E-state index in [1.165, 1.54) is 34.7 Å². The lowest BCUT2D eigenvalue weighted by atomic mass is 10.0. The zero-order chi connectivity index (χ0) is 19.1. The molecule has 0 aliphatic carbocycles. The van der Waals surface area contributed by atoms with Crippen LogP contribution in [0.25, 0.3) is 38.7 Å². The van der Waals surface area contributed by atoms with E-state index in [0.717, 1.165) is 34.4 Å². The minimum Gasteiger partial charge on any atom is -0.274 e. The van der Waals surface area contributed by atoms with E-state index in [2.05, 4.69) is 95.2 Å². The van der Waals surface area contributed by atoms with Crippen LogP contribution < -0.4 is 0 Å². The Kier molecular flexibility index (Phi) is 4.09. The number of benzene rings is 3. The monoisotopic (exact) mass is 365 g/mol. The molecule has 0 amide bonds. The standard InChI is InChI=1S/C25H23N3/c1-3-4-7-18-12-15-23-22(16-18)20-8-5-6-9-21(20)25-27-26-24(28(23)25)19-13-10-17(2)11-14-19/h5-6,8-16H,3-4,7H2,1-2H3. The second kappa shape index (κ2) is 6.75. The molecule has 0 atom stereocenters. The van der Waals surface area contributed by atoms with Gasteiger partial charge in [-0.25, -0.2) is 0 Å². The van der Waals surface area contributed by atoms with Crippen LogP contribution in [0.1, 0.15) is 30.9 Å². The predicted molar refractivity (Wildman–Crippen MR) is 117 cm³/mol. The Morgan fingerprint density at radius 2 is 1.61 bits per heavy atom. The molecule has 0 radical (unpaired) electrons. The molecule has 0 aliphatic rings. The van der Waals surface area contributed by atoms with Crippen molar-refractivity contribution in [2.75, 3.05) is 0 Å². The molecule has 0 unspecified atom stereocenters. The van der Waals surface area contributed by atoms with E-state index in [-0.39, 0.29) is 0 Å². The lowest BCUT2D eigenvalue weighted by Crippen LogP contribution is -1.95. The molecule has 3 nitrogen and oxygen atoms in total. The average Bonchev–Trinajstić information content (AvgIpc) is 3.18. The molecule has 0 saturated heterocycles. The summed E-state index contributed by atoms with van der Waals surface area (Å²) in [5.41, 5.74) is 5.80. The molecule has 3 aromatic carbocycles. The highest BCUT2D eigenvalue weighted by atomic mass is 15.2. The van der Waals surface area contributed by atoms with E-state index in [4.69, 9.17) is 0 Å². The molecule has 28 heavy (non-hydrogen) atoms. The predicted octanol–water partition coefficient (Wildman–Crippen LogP) is 6.35. The van der Waals surface area contributed by atoms with Crippen LogP contribution in [-0.4, -0.2) is 14.6 Å². The first-order valence-electron chi connectivity index (χ1n) is 10.0. The molecule has 0 bridgehead atoms. The number of pyridine rings is 1. The van der Waals surface area contributed by atoms with Crippen molar-refractivity contribution in [2.24, 2.45) is 0 Å². The Bertz CT molecular complexity index is 1300. The lowest BCUT2D eigenvalue weighted by Gasteiger charge is -2.11. The summed E-state index contributed by atoms with van der Waals surface area (Å²) < 4.78 is 2.21. The van der Waals surface area contributed by atoms with E-state index in [1.54, 1.807) is 0 Å². The van der Waals surface area contributed by atoms with Crippen molar-refractivity contribution >= 4 is 27.3 Å². The number of rotatable bonds is 4. The first-order valence-corrected chi connectivity index (χ1v) is 10.0. The minimum atomic E-state index is 0.895. The molecule has 0 aliphatic heterocycles. The molecule has 3 heteroatoms. The number of hydrogen-bond donors (Lipinski definition) is 0. The molecule has 2 heterocycles. The van der Waals surface area contributed by atoms with E-state index in [9.17, 15) is 0 Å². The fourth-order valence-electron chi connectivity index (χ4n) is 4.02. The highest BCUT2D eigenvalue weighted by Crippen LogP contribution is 2.32. The Morgan fingerprint density at radius 1 is 0.821 bits per heavy atom. The number of aryl methyl sites for hydroxylation is 2. The van der Waals surface area contributed by atoms with Crippen molar-refractivity contribution < 1.29 is 0 Å². The number of hydrogen-bond acceptors (Lipinski definition) is 2. The van der Waals surface area contributed by atoms with Gasteiger partial charge in [-0.3, -0.25) is 4.40 Å². The van der Waals surface area contributed by atoms with Gasteiger partial charge in [-0.1, -0.05) is 73.5 Å². The van der Waals surface area contributed by atoms with Crippen molar-refractivity contribution in [1.29, 1.82) is 0 Å². The van der Waals surface area contributed by atoms with Crippen LogP contribution in [0.5, 0.6) is 0 Å². The SMILES string of the molecule is CCCCc1ccc2c(c1)c1ccccc1c1nnc(-c3ccc(C)cc3)n21. The first-order chi connectivity index (χ1) is 13.8. The zero-order valence-corrected chi connectivity index (χ0v) is 16.3. The number of fused-ring (bicyclic) bond motifs is 6. The molecule has 0 fully saturated rings. The van der Waals surface area contributed by atoms with Gasteiger partial charge in [-0.05, 0) is 42.8 Å². The Labute approximate surface area is 164 Å². The van der Waals surface area contributed by atoms with Gasteiger partial charge in [-0.15, -0.1) is 10.2 Å². The summed E-state index contributed by atoms with van der Waals surface area (Å²) in [5, 5.41) is 12.8. The van der Waals surface area contributed by atoms with E-state index >= 15 is 0 Å². The van der Waals surface area contributed by atoms with Crippen LogP contribution in [0.2, 0.25) is 0 Å². The van der Waals surface area contributed by atoms with Crippen LogP contribution in [0.3, 0.4) is 0 Å². The maximum absolute atomic E-state index is 4.58. The lowest BCUT2D eigenvalue weighted by molar-refractivity contribution is 0.796. The van der Waals surface area contributed by atoms with Gasteiger partial charge in [-0.2, -0.15) is 0 Å².